The van der Waals surface area contributed by atoms with E-state index in [4.69, 9.17) is 0 Å². The number of nitrogens with zero attached hydrogens (tertiary/aromatic N) is 2. The van der Waals surface area contributed by atoms with Crippen molar-refractivity contribution in [1.82, 2.24) is 9.13 Å². The molecule has 0 atom stereocenters. The third-order valence-corrected chi connectivity index (χ3v) is 12.3. The molecule has 2 aliphatic rings. The van der Waals surface area contributed by atoms with Gasteiger partial charge in [0, 0.05) is 33.5 Å². The lowest BCUT2D eigenvalue weighted by molar-refractivity contribution is 0.608. The number of aromatic nitrogens is 2. The number of hydrogen-bond acceptors (Lipinski definition) is 0. The zero-order valence-corrected chi connectivity index (χ0v) is 31.2. The van der Waals surface area contributed by atoms with Gasteiger partial charge in [0.15, 0.2) is 0 Å². The van der Waals surface area contributed by atoms with Crippen molar-refractivity contribution in [1.29, 1.82) is 0 Å². The molecule has 0 unspecified atom stereocenters. The lowest BCUT2D eigenvalue weighted by Crippen LogP contribution is -2.08. The zero-order valence-electron chi connectivity index (χ0n) is 31.2. The first-order valence-electron chi connectivity index (χ1n) is 20.4. The molecule has 8 aromatic rings. The van der Waals surface area contributed by atoms with Crippen LogP contribution in [0.25, 0.3) is 66.6 Å². The quantitative estimate of drug-likeness (QED) is 0.169. The Morgan fingerprint density at radius 2 is 0.667 bits per heavy atom. The van der Waals surface area contributed by atoms with Crippen LogP contribution in [0.4, 0.5) is 0 Å². The van der Waals surface area contributed by atoms with Crippen LogP contribution in [0.3, 0.4) is 0 Å². The van der Waals surface area contributed by atoms with Crippen LogP contribution in [0.5, 0.6) is 0 Å². The summed E-state index contributed by atoms with van der Waals surface area (Å²) in [5.74, 6) is 0. The molecule has 0 N–H and O–H groups in total. The molecule has 0 amide bonds. The molecule has 0 radical (unpaired) electrons. The molecule has 0 aliphatic heterocycles. The van der Waals surface area contributed by atoms with Crippen molar-refractivity contribution >= 4 is 21.8 Å². The maximum atomic E-state index is 2.65. The number of benzene rings is 6. The van der Waals surface area contributed by atoms with Crippen LogP contribution in [0.1, 0.15) is 73.9 Å². The summed E-state index contributed by atoms with van der Waals surface area (Å²) in [6.07, 6.45) is 14.8. The molecule has 0 spiro atoms. The zero-order chi connectivity index (χ0) is 35.8. The Bertz CT molecular complexity index is 2430. The van der Waals surface area contributed by atoms with Gasteiger partial charge in [0.1, 0.15) is 0 Å². The second-order valence-electron chi connectivity index (χ2n) is 15.7. The second kappa shape index (κ2) is 14.3. The van der Waals surface area contributed by atoms with Crippen LogP contribution in [-0.4, -0.2) is 9.13 Å². The molecule has 0 saturated carbocycles. The Morgan fingerprint density at radius 1 is 0.296 bits per heavy atom. The lowest BCUT2D eigenvalue weighted by Gasteiger charge is -2.20. The summed E-state index contributed by atoms with van der Waals surface area (Å²) in [7, 11) is 0. The van der Waals surface area contributed by atoms with Crippen LogP contribution in [0.15, 0.2) is 146 Å². The van der Waals surface area contributed by atoms with Gasteiger partial charge < -0.3 is 9.13 Å². The van der Waals surface area contributed by atoms with E-state index in [1.165, 1.54) is 129 Å². The average Bonchev–Trinajstić information content (AvgIpc) is 3.68. The molecular formula is C52H48N2. The van der Waals surface area contributed by atoms with E-state index in [2.05, 4.69) is 155 Å². The molecule has 0 saturated heterocycles. The Hall–Kier alpha value is -5.60. The number of rotatable bonds is 5. The molecule has 54 heavy (non-hydrogen) atoms. The van der Waals surface area contributed by atoms with E-state index in [-0.39, 0.29) is 0 Å². The van der Waals surface area contributed by atoms with Crippen molar-refractivity contribution in [3.63, 3.8) is 0 Å². The van der Waals surface area contributed by atoms with Crippen molar-refractivity contribution in [3.05, 3.63) is 168 Å². The van der Waals surface area contributed by atoms with Crippen molar-refractivity contribution in [3.8, 4) is 44.8 Å². The summed E-state index contributed by atoms with van der Waals surface area (Å²) in [6, 6.07) is 54.9. The third kappa shape index (κ3) is 5.99. The van der Waals surface area contributed by atoms with Gasteiger partial charge in [-0.05, 0) is 144 Å². The molecule has 2 aliphatic carbocycles. The fraction of sp³-hybridized carbons (Fsp3) is 0.231. The summed E-state index contributed by atoms with van der Waals surface area (Å²) in [5.41, 5.74) is 18.8. The highest BCUT2D eigenvalue weighted by Crippen LogP contribution is 2.40. The van der Waals surface area contributed by atoms with Crippen molar-refractivity contribution in [2.45, 2.75) is 77.0 Å². The van der Waals surface area contributed by atoms with Crippen molar-refractivity contribution in [2.24, 2.45) is 0 Å². The lowest BCUT2D eigenvalue weighted by atomic mass is 9.93. The molecule has 0 bridgehead atoms. The van der Waals surface area contributed by atoms with Gasteiger partial charge in [-0.15, -0.1) is 0 Å². The van der Waals surface area contributed by atoms with E-state index in [0.717, 1.165) is 25.7 Å². The Kier molecular flexibility index (Phi) is 8.76. The second-order valence-corrected chi connectivity index (χ2v) is 15.7. The monoisotopic (exact) mass is 700 g/mol. The summed E-state index contributed by atoms with van der Waals surface area (Å²) in [4.78, 5) is 0. The van der Waals surface area contributed by atoms with E-state index in [1.54, 1.807) is 11.1 Å². The van der Waals surface area contributed by atoms with Crippen LogP contribution >= 0.6 is 0 Å². The maximum Gasteiger partial charge on any atom is 0.0534 e. The van der Waals surface area contributed by atoms with Crippen LogP contribution in [0.2, 0.25) is 0 Å². The van der Waals surface area contributed by atoms with E-state index in [1.807, 2.05) is 0 Å². The summed E-state index contributed by atoms with van der Waals surface area (Å²) in [5, 5.41) is 2.85. The van der Waals surface area contributed by atoms with Crippen molar-refractivity contribution < 1.29 is 0 Å². The fourth-order valence-corrected chi connectivity index (χ4v) is 9.70. The predicted molar refractivity (Wildman–Crippen MR) is 228 cm³/mol. The minimum Gasteiger partial charge on any atom is -0.313 e. The number of hydrogen-bond donors (Lipinski definition) is 0. The van der Waals surface area contributed by atoms with Gasteiger partial charge >= 0.3 is 0 Å². The molecule has 10 rings (SSSR count). The van der Waals surface area contributed by atoms with Gasteiger partial charge in [-0.3, -0.25) is 0 Å². The summed E-state index contributed by atoms with van der Waals surface area (Å²) < 4.78 is 5.30. The molecular weight excluding hydrogens is 653 g/mol. The van der Waals surface area contributed by atoms with Crippen LogP contribution in [-0.2, 0) is 25.7 Å². The fourth-order valence-electron chi connectivity index (χ4n) is 9.70. The van der Waals surface area contributed by atoms with Gasteiger partial charge in [0.2, 0.25) is 0 Å². The highest BCUT2D eigenvalue weighted by molar-refractivity contribution is 5.91. The molecule has 2 heteroatoms. The largest absolute Gasteiger partial charge is 0.313 e. The maximum absolute atomic E-state index is 2.65. The SMILES string of the molecule is c1ccc(-c2cc(-c3ccccc3)cc(-c3cc(-n4c5c(c6ccccc64)CCCCCC5)cc(-n4c5c(c6ccccc64)CCCCCC5)c3)c2)cc1. The molecule has 2 aromatic heterocycles. The smallest absolute Gasteiger partial charge is 0.0534 e. The Morgan fingerprint density at radius 3 is 1.13 bits per heavy atom. The third-order valence-electron chi connectivity index (χ3n) is 12.3. The molecule has 266 valence electrons. The number of fused-ring (bicyclic) bond motifs is 6. The van der Waals surface area contributed by atoms with E-state index >= 15 is 0 Å². The van der Waals surface area contributed by atoms with Gasteiger partial charge in [-0.2, -0.15) is 0 Å². The minimum absolute atomic E-state index is 1.12. The highest BCUT2D eigenvalue weighted by atomic mass is 15.0. The number of para-hydroxylation sites is 2. The summed E-state index contributed by atoms with van der Waals surface area (Å²) in [6.45, 7) is 0. The standard InChI is InChI=1S/C52H48N2/c1-3-13-27-49-45(23-11-1)47-25-15-17-29-51(47)53(49)43-34-42(41-32-39(37-19-7-5-8-20-37)31-40(33-41)38-21-9-6-10-22-38)35-44(36-43)54-50-28-14-4-2-12-24-46(50)48-26-16-18-30-52(48)54/h5-10,15-22,25-26,29-36H,1-4,11-14,23-24,27-28H2. The average molecular weight is 701 g/mol. The Labute approximate surface area is 319 Å². The van der Waals surface area contributed by atoms with Gasteiger partial charge in [0.25, 0.3) is 0 Å². The highest BCUT2D eigenvalue weighted by Gasteiger charge is 2.23. The van der Waals surface area contributed by atoms with E-state index in [9.17, 15) is 0 Å². The van der Waals surface area contributed by atoms with E-state index < -0.39 is 0 Å². The normalized spacial score (nSPS) is 14.9. The van der Waals surface area contributed by atoms with Gasteiger partial charge in [-0.1, -0.05) is 123 Å². The van der Waals surface area contributed by atoms with Gasteiger partial charge in [-0.25, -0.2) is 0 Å². The van der Waals surface area contributed by atoms with Crippen molar-refractivity contribution in [2.75, 3.05) is 0 Å². The van der Waals surface area contributed by atoms with Gasteiger partial charge in [0.05, 0.1) is 11.0 Å². The van der Waals surface area contributed by atoms with E-state index in [0.29, 0.717) is 0 Å². The topological polar surface area (TPSA) is 9.86 Å². The first kappa shape index (κ1) is 33.0. The molecule has 2 heterocycles. The Balaban J connectivity index is 1.28. The molecule has 2 nitrogen and oxygen atoms in total. The first-order chi connectivity index (χ1) is 26.8. The van der Waals surface area contributed by atoms with Crippen LogP contribution in [0, 0.1) is 0 Å². The molecule has 0 fully saturated rings. The predicted octanol–water partition coefficient (Wildman–Crippen LogP) is 13.9. The number of aryl methyl sites for hydroxylation is 2. The minimum atomic E-state index is 1.12. The summed E-state index contributed by atoms with van der Waals surface area (Å²) >= 11 is 0. The molecule has 6 aromatic carbocycles. The van der Waals surface area contributed by atoms with Crippen LogP contribution < -0.4 is 0 Å². The first-order valence-corrected chi connectivity index (χ1v) is 20.4.